The molecule has 8 heteroatoms. The summed E-state index contributed by atoms with van der Waals surface area (Å²) in [6.07, 6.45) is 5.35. The van der Waals surface area contributed by atoms with Crippen molar-refractivity contribution in [3.05, 3.63) is 54.1 Å². The SMILES string of the molecule is CN(Cc1cn(C)nn1)c1nc2cc(C(=O)O)ccc2c2cnccc12. The first-order chi connectivity index (χ1) is 12.5. The second-order valence-corrected chi connectivity index (χ2v) is 6.13. The van der Waals surface area contributed by atoms with E-state index < -0.39 is 5.97 Å². The third-order valence-electron chi connectivity index (χ3n) is 4.23. The number of carboxylic acids is 1. The number of hydrogen-bond donors (Lipinski definition) is 1. The summed E-state index contributed by atoms with van der Waals surface area (Å²) in [5, 5.41) is 20.1. The highest BCUT2D eigenvalue weighted by atomic mass is 16.4. The van der Waals surface area contributed by atoms with Gasteiger partial charge in [0.1, 0.15) is 11.5 Å². The first-order valence-electron chi connectivity index (χ1n) is 8.00. The summed E-state index contributed by atoms with van der Waals surface area (Å²) in [7, 11) is 3.74. The highest BCUT2D eigenvalue weighted by Gasteiger charge is 2.15. The maximum atomic E-state index is 11.3. The summed E-state index contributed by atoms with van der Waals surface area (Å²) in [4.78, 5) is 22.2. The van der Waals surface area contributed by atoms with Gasteiger partial charge in [-0.2, -0.15) is 0 Å². The van der Waals surface area contributed by atoms with Crippen molar-refractivity contribution in [3.8, 4) is 0 Å². The summed E-state index contributed by atoms with van der Waals surface area (Å²) in [5.74, 6) is -0.238. The second-order valence-electron chi connectivity index (χ2n) is 6.13. The van der Waals surface area contributed by atoms with Gasteiger partial charge < -0.3 is 10.0 Å². The lowest BCUT2D eigenvalue weighted by molar-refractivity contribution is 0.0697. The Bertz CT molecular complexity index is 1140. The molecule has 0 unspecified atom stereocenters. The first-order valence-corrected chi connectivity index (χ1v) is 8.00. The van der Waals surface area contributed by atoms with Gasteiger partial charge in [-0.3, -0.25) is 9.67 Å². The van der Waals surface area contributed by atoms with Gasteiger partial charge in [0.05, 0.1) is 17.6 Å². The molecule has 0 radical (unpaired) electrons. The molecule has 0 bridgehead atoms. The van der Waals surface area contributed by atoms with Crippen LogP contribution in [0, 0.1) is 0 Å². The lowest BCUT2D eigenvalue weighted by atomic mass is 10.1. The van der Waals surface area contributed by atoms with Crippen LogP contribution in [0.4, 0.5) is 5.82 Å². The molecule has 26 heavy (non-hydrogen) atoms. The zero-order chi connectivity index (χ0) is 18.3. The molecule has 0 saturated heterocycles. The van der Waals surface area contributed by atoms with E-state index in [0.717, 1.165) is 27.7 Å². The molecule has 4 rings (SSSR count). The number of fused-ring (bicyclic) bond motifs is 3. The summed E-state index contributed by atoms with van der Waals surface area (Å²) in [6.45, 7) is 0.530. The average Bonchev–Trinajstić information content (AvgIpc) is 3.05. The minimum absolute atomic E-state index is 0.204. The van der Waals surface area contributed by atoms with Gasteiger partial charge in [-0.25, -0.2) is 9.78 Å². The average molecular weight is 348 g/mol. The molecule has 8 nitrogen and oxygen atoms in total. The Labute approximate surface area is 148 Å². The number of aromatic carboxylic acids is 1. The predicted molar refractivity (Wildman–Crippen MR) is 97.1 cm³/mol. The van der Waals surface area contributed by atoms with Crippen LogP contribution in [0.15, 0.2) is 42.9 Å². The fraction of sp³-hybridized carbons (Fsp3) is 0.167. The number of aromatic nitrogens is 5. The van der Waals surface area contributed by atoms with Gasteiger partial charge in [0.2, 0.25) is 0 Å². The zero-order valence-corrected chi connectivity index (χ0v) is 14.3. The first kappa shape index (κ1) is 15.9. The minimum Gasteiger partial charge on any atom is -0.478 e. The Hall–Kier alpha value is -3.55. The van der Waals surface area contributed by atoms with Crippen LogP contribution in [0.2, 0.25) is 0 Å². The highest BCUT2D eigenvalue weighted by molar-refractivity contribution is 6.10. The number of nitrogens with zero attached hydrogens (tertiary/aromatic N) is 6. The Morgan fingerprint density at radius 3 is 2.81 bits per heavy atom. The van der Waals surface area contributed by atoms with Crippen LogP contribution in [0.25, 0.3) is 21.7 Å². The third-order valence-corrected chi connectivity index (χ3v) is 4.23. The summed E-state index contributed by atoms with van der Waals surface area (Å²) in [6, 6.07) is 6.86. The van der Waals surface area contributed by atoms with E-state index in [1.54, 1.807) is 35.3 Å². The van der Waals surface area contributed by atoms with Crippen LogP contribution in [-0.4, -0.2) is 43.1 Å². The van der Waals surface area contributed by atoms with Crippen molar-refractivity contribution in [2.75, 3.05) is 11.9 Å². The topological polar surface area (TPSA) is 97.0 Å². The molecular formula is C18H16N6O2. The predicted octanol–water partition coefficient (Wildman–Crippen LogP) is 2.25. The van der Waals surface area contributed by atoms with Gasteiger partial charge >= 0.3 is 5.97 Å². The molecule has 0 atom stereocenters. The van der Waals surface area contributed by atoms with E-state index in [9.17, 15) is 9.90 Å². The standard InChI is InChI=1S/C18H16N6O2/c1-23(9-12-10-24(2)22-21-12)17-14-5-6-19-8-15(14)13-4-3-11(18(25)26)7-16(13)20-17/h3-8,10H,9H2,1-2H3,(H,25,26). The lowest BCUT2D eigenvalue weighted by Gasteiger charge is -2.20. The van der Waals surface area contributed by atoms with Crippen LogP contribution in [0.5, 0.6) is 0 Å². The van der Waals surface area contributed by atoms with Crippen LogP contribution >= 0.6 is 0 Å². The van der Waals surface area contributed by atoms with Crippen molar-refractivity contribution in [3.63, 3.8) is 0 Å². The molecule has 0 fully saturated rings. The second kappa shape index (κ2) is 6.07. The van der Waals surface area contributed by atoms with E-state index in [-0.39, 0.29) is 5.56 Å². The van der Waals surface area contributed by atoms with E-state index >= 15 is 0 Å². The highest BCUT2D eigenvalue weighted by Crippen LogP contribution is 2.31. The number of pyridine rings is 2. The van der Waals surface area contributed by atoms with Crippen molar-refractivity contribution in [1.82, 2.24) is 25.0 Å². The summed E-state index contributed by atoms with van der Waals surface area (Å²) in [5.41, 5.74) is 1.64. The number of aryl methyl sites for hydroxylation is 1. The normalized spacial score (nSPS) is 11.2. The lowest BCUT2D eigenvalue weighted by Crippen LogP contribution is -2.18. The van der Waals surface area contributed by atoms with Crippen LogP contribution < -0.4 is 4.90 Å². The fourth-order valence-corrected chi connectivity index (χ4v) is 3.04. The van der Waals surface area contributed by atoms with E-state index in [2.05, 4.69) is 15.3 Å². The van der Waals surface area contributed by atoms with E-state index in [1.165, 1.54) is 0 Å². The van der Waals surface area contributed by atoms with Crippen molar-refractivity contribution in [2.24, 2.45) is 7.05 Å². The molecule has 130 valence electrons. The van der Waals surface area contributed by atoms with Crippen LogP contribution in [0.3, 0.4) is 0 Å². The van der Waals surface area contributed by atoms with Gasteiger partial charge in [0.15, 0.2) is 0 Å². The van der Waals surface area contributed by atoms with Crippen LogP contribution in [0.1, 0.15) is 16.1 Å². The number of carbonyl (C=O) groups is 1. The molecule has 1 N–H and O–H groups in total. The van der Waals surface area contributed by atoms with Gasteiger partial charge in [0.25, 0.3) is 0 Å². The summed E-state index contributed by atoms with van der Waals surface area (Å²) < 4.78 is 1.65. The molecule has 0 amide bonds. The summed E-state index contributed by atoms with van der Waals surface area (Å²) >= 11 is 0. The Morgan fingerprint density at radius 2 is 2.08 bits per heavy atom. The van der Waals surface area contributed by atoms with E-state index in [0.29, 0.717) is 12.1 Å². The van der Waals surface area contributed by atoms with Crippen molar-refractivity contribution in [1.29, 1.82) is 0 Å². The number of hydrogen-bond acceptors (Lipinski definition) is 6. The molecule has 4 aromatic rings. The molecular weight excluding hydrogens is 332 g/mol. The van der Waals surface area contributed by atoms with E-state index in [4.69, 9.17) is 4.98 Å². The molecule has 0 aliphatic carbocycles. The van der Waals surface area contributed by atoms with Crippen LogP contribution in [-0.2, 0) is 13.6 Å². The minimum atomic E-state index is -0.977. The maximum Gasteiger partial charge on any atom is 0.335 e. The van der Waals surface area contributed by atoms with Gasteiger partial charge in [-0.05, 0) is 18.2 Å². The molecule has 0 aliphatic rings. The molecule has 1 aromatic carbocycles. The molecule has 0 spiro atoms. The van der Waals surface area contributed by atoms with Gasteiger partial charge in [-0.1, -0.05) is 11.3 Å². The van der Waals surface area contributed by atoms with Crippen molar-refractivity contribution in [2.45, 2.75) is 6.54 Å². The molecule has 3 heterocycles. The Morgan fingerprint density at radius 1 is 1.23 bits per heavy atom. The smallest absolute Gasteiger partial charge is 0.335 e. The number of carboxylic acid groups (broad SMARTS) is 1. The Balaban J connectivity index is 1.89. The third kappa shape index (κ3) is 2.71. The van der Waals surface area contributed by atoms with Crippen molar-refractivity contribution >= 4 is 33.5 Å². The van der Waals surface area contributed by atoms with E-state index in [1.807, 2.05) is 31.3 Å². The van der Waals surface area contributed by atoms with Crippen molar-refractivity contribution < 1.29 is 9.90 Å². The fourth-order valence-electron chi connectivity index (χ4n) is 3.04. The molecule has 3 aromatic heterocycles. The molecule has 0 aliphatic heterocycles. The number of rotatable bonds is 4. The molecule has 0 saturated carbocycles. The quantitative estimate of drug-likeness (QED) is 0.565. The monoisotopic (exact) mass is 348 g/mol. The number of benzene rings is 1. The maximum absolute atomic E-state index is 11.3. The Kier molecular flexibility index (Phi) is 3.72. The van der Waals surface area contributed by atoms with Gasteiger partial charge in [-0.15, -0.1) is 5.10 Å². The zero-order valence-electron chi connectivity index (χ0n) is 14.3. The van der Waals surface area contributed by atoms with Gasteiger partial charge in [0, 0.05) is 48.8 Å². The number of anilines is 1. The largest absolute Gasteiger partial charge is 0.478 e.